The lowest BCUT2D eigenvalue weighted by molar-refractivity contribution is -0.140. The van der Waals surface area contributed by atoms with Crippen molar-refractivity contribution in [2.24, 2.45) is 0 Å². The first kappa shape index (κ1) is 20.1. The Labute approximate surface area is 166 Å². The molecule has 0 saturated carbocycles. The van der Waals surface area contributed by atoms with Crippen LogP contribution in [0, 0.1) is 0 Å². The summed E-state index contributed by atoms with van der Waals surface area (Å²) in [4.78, 5) is 45.4. The van der Waals surface area contributed by atoms with E-state index in [1.165, 1.54) is 13.2 Å². The van der Waals surface area contributed by atoms with Gasteiger partial charge >= 0.3 is 5.97 Å². The van der Waals surface area contributed by atoms with Crippen molar-refractivity contribution < 1.29 is 19.1 Å². The Morgan fingerprint density at radius 2 is 2.00 bits per heavy atom. The van der Waals surface area contributed by atoms with Gasteiger partial charge in [-0.1, -0.05) is 42.1 Å². The van der Waals surface area contributed by atoms with E-state index >= 15 is 0 Å². The highest BCUT2D eigenvalue weighted by Crippen LogP contribution is 2.35. The van der Waals surface area contributed by atoms with Crippen molar-refractivity contribution in [1.82, 2.24) is 14.9 Å². The summed E-state index contributed by atoms with van der Waals surface area (Å²) in [6, 6.07) is 10.6. The van der Waals surface area contributed by atoms with Crippen molar-refractivity contribution in [3.8, 4) is 0 Å². The quantitative estimate of drug-likeness (QED) is 0.439. The van der Waals surface area contributed by atoms with Crippen LogP contribution in [0.25, 0.3) is 0 Å². The van der Waals surface area contributed by atoms with E-state index in [2.05, 4.69) is 14.7 Å². The Hall–Kier alpha value is -2.65. The number of rotatable bonds is 6. The maximum Gasteiger partial charge on any atom is 0.311 e. The largest absolute Gasteiger partial charge is 0.469 e. The lowest BCUT2D eigenvalue weighted by atomic mass is 10.1. The summed E-state index contributed by atoms with van der Waals surface area (Å²) in [6.07, 6.45) is -0.110. The number of aromatic nitrogens is 2. The minimum atomic E-state index is -0.573. The molecular weight excluding hydrogens is 382 g/mol. The van der Waals surface area contributed by atoms with Gasteiger partial charge in [-0.25, -0.2) is 4.98 Å². The average Bonchev–Trinajstić information content (AvgIpc) is 2.72. The number of amides is 1. The van der Waals surface area contributed by atoms with Crippen LogP contribution in [0.4, 0.5) is 0 Å². The van der Waals surface area contributed by atoms with Gasteiger partial charge in [-0.15, -0.1) is 0 Å². The summed E-state index contributed by atoms with van der Waals surface area (Å²) >= 11 is 1.16. The third-order valence-corrected chi connectivity index (χ3v) is 5.33. The van der Waals surface area contributed by atoms with Gasteiger partial charge in [0.2, 0.25) is 5.91 Å². The van der Waals surface area contributed by atoms with E-state index in [1.54, 1.807) is 4.90 Å². The first-order chi connectivity index (χ1) is 13.6. The van der Waals surface area contributed by atoms with Crippen molar-refractivity contribution >= 4 is 23.6 Å². The Morgan fingerprint density at radius 1 is 1.29 bits per heavy atom. The molecule has 0 unspecified atom stereocenters. The number of H-pyrrole nitrogens is 1. The van der Waals surface area contributed by atoms with Crippen LogP contribution < -0.4 is 5.56 Å². The maximum atomic E-state index is 13.2. The molecule has 1 aliphatic rings. The van der Waals surface area contributed by atoms with Crippen LogP contribution in [0.15, 0.2) is 46.3 Å². The Balaban J connectivity index is 1.88. The molecule has 0 aliphatic carbocycles. The van der Waals surface area contributed by atoms with E-state index in [0.29, 0.717) is 32.0 Å². The van der Waals surface area contributed by atoms with Gasteiger partial charge in [0.1, 0.15) is 5.25 Å². The number of thioether (sulfide) groups is 1. The third kappa shape index (κ3) is 5.20. The molecule has 2 heterocycles. The predicted molar refractivity (Wildman–Crippen MR) is 103 cm³/mol. The molecule has 0 bridgehead atoms. The molecule has 28 heavy (non-hydrogen) atoms. The van der Waals surface area contributed by atoms with Crippen LogP contribution in [0.1, 0.15) is 16.5 Å². The fraction of sp³-hybridized carbons (Fsp3) is 0.368. The highest BCUT2D eigenvalue weighted by molar-refractivity contribution is 8.00. The zero-order valence-electron chi connectivity index (χ0n) is 15.4. The van der Waals surface area contributed by atoms with Crippen LogP contribution >= 0.6 is 11.8 Å². The topological polar surface area (TPSA) is 102 Å². The number of methoxy groups -OCH3 is 1. The second-order valence-electron chi connectivity index (χ2n) is 6.14. The van der Waals surface area contributed by atoms with E-state index in [1.807, 2.05) is 30.3 Å². The average molecular weight is 403 g/mol. The Morgan fingerprint density at radius 3 is 2.68 bits per heavy atom. The first-order valence-corrected chi connectivity index (χ1v) is 9.70. The van der Waals surface area contributed by atoms with Gasteiger partial charge in [0.15, 0.2) is 5.16 Å². The zero-order chi connectivity index (χ0) is 19.9. The molecular formula is C19H21N3O5S. The van der Waals surface area contributed by atoms with Crippen molar-refractivity contribution in [2.45, 2.75) is 16.8 Å². The Bertz CT molecular complexity index is 881. The van der Waals surface area contributed by atoms with E-state index in [-0.39, 0.29) is 23.0 Å². The molecule has 1 aromatic carbocycles. The van der Waals surface area contributed by atoms with Crippen LogP contribution in [0.2, 0.25) is 0 Å². The van der Waals surface area contributed by atoms with Gasteiger partial charge in [-0.2, -0.15) is 0 Å². The normalized spacial score (nSPS) is 15.1. The van der Waals surface area contributed by atoms with Gasteiger partial charge < -0.3 is 19.4 Å². The van der Waals surface area contributed by atoms with Crippen LogP contribution in [-0.2, 0) is 25.5 Å². The molecule has 1 atom stereocenters. The number of nitrogens with zero attached hydrogens (tertiary/aromatic N) is 2. The molecule has 8 nitrogen and oxygen atoms in total. The molecule has 1 N–H and O–H groups in total. The second kappa shape index (κ2) is 9.52. The minimum absolute atomic E-state index is 0.0690. The third-order valence-electron chi connectivity index (χ3n) is 4.20. The standard InChI is InChI=1S/C19H21N3O5S/c1-26-16(24)12-14-11-15(23)21-19(20-14)28-17(13-5-3-2-4-6-13)18(25)22-7-9-27-10-8-22/h2-6,11,17H,7-10,12H2,1H3,(H,20,21,23)/t17-/m1/s1. The molecule has 1 fully saturated rings. The van der Waals surface area contributed by atoms with Crippen molar-refractivity contribution in [2.75, 3.05) is 33.4 Å². The molecule has 2 aromatic rings. The lowest BCUT2D eigenvalue weighted by Crippen LogP contribution is -2.42. The van der Waals surface area contributed by atoms with Gasteiger partial charge in [0, 0.05) is 19.2 Å². The number of hydrogen-bond acceptors (Lipinski definition) is 7. The lowest BCUT2D eigenvalue weighted by Gasteiger charge is -2.30. The highest BCUT2D eigenvalue weighted by Gasteiger charge is 2.29. The summed E-state index contributed by atoms with van der Waals surface area (Å²) in [5.41, 5.74) is 0.718. The number of benzene rings is 1. The van der Waals surface area contributed by atoms with E-state index in [9.17, 15) is 14.4 Å². The summed E-state index contributed by atoms with van der Waals surface area (Å²) in [6.45, 7) is 2.05. The molecule has 1 aliphatic heterocycles. The Kier molecular flexibility index (Phi) is 6.83. The fourth-order valence-corrected chi connectivity index (χ4v) is 3.90. The predicted octanol–water partition coefficient (Wildman–Crippen LogP) is 1.18. The molecule has 9 heteroatoms. The van der Waals surface area contributed by atoms with E-state index in [0.717, 1.165) is 17.3 Å². The number of nitrogens with one attached hydrogen (secondary N) is 1. The van der Waals surface area contributed by atoms with Gasteiger partial charge in [-0.05, 0) is 5.56 Å². The number of carbonyl (C=O) groups is 2. The van der Waals surface area contributed by atoms with Crippen molar-refractivity contribution in [1.29, 1.82) is 0 Å². The number of hydrogen-bond donors (Lipinski definition) is 1. The zero-order valence-corrected chi connectivity index (χ0v) is 16.2. The van der Waals surface area contributed by atoms with Gasteiger partial charge in [0.25, 0.3) is 5.56 Å². The van der Waals surface area contributed by atoms with Crippen molar-refractivity contribution in [3.05, 3.63) is 58.0 Å². The van der Waals surface area contributed by atoms with Gasteiger partial charge in [-0.3, -0.25) is 14.4 Å². The fourth-order valence-electron chi connectivity index (χ4n) is 2.80. The van der Waals surface area contributed by atoms with E-state index < -0.39 is 11.2 Å². The number of carbonyl (C=O) groups excluding carboxylic acids is 2. The van der Waals surface area contributed by atoms with Crippen LogP contribution in [-0.4, -0.2) is 60.2 Å². The minimum Gasteiger partial charge on any atom is -0.469 e. The number of aromatic amines is 1. The van der Waals surface area contributed by atoms with Crippen LogP contribution in [0.3, 0.4) is 0 Å². The monoisotopic (exact) mass is 403 g/mol. The smallest absolute Gasteiger partial charge is 0.311 e. The van der Waals surface area contributed by atoms with Gasteiger partial charge in [0.05, 0.1) is 32.4 Å². The second-order valence-corrected chi connectivity index (χ2v) is 7.23. The molecule has 3 rings (SSSR count). The number of morpholine rings is 1. The SMILES string of the molecule is COC(=O)Cc1cc(=O)[nH]c(S[C@@H](C(=O)N2CCOCC2)c2ccccc2)n1. The molecule has 1 amide bonds. The van der Waals surface area contributed by atoms with E-state index in [4.69, 9.17) is 4.74 Å². The summed E-state index contributed by atoms with van der Waals surface area (Å²) in [5.74, 6) is -0.557. The maximum absolute atomic E-state index is 13.2. The summed E-state index contributed by atoms with van der Waals surface area (Å²) in [7, 11) is 1.28. The first-order valence-electron chi connectivity index (χ1n) is 8.82. The molecule has 1 saturated heterocycles. The number of esters is 1. The molecule has 148 valence electrons. The van der Waals surface area contributed by atoms with Crippen LogP contribution in [0.5, 0.6) is 0 Å². The highest BCUT2D eigenvalue weighted by atomic mass is 32.2. The summed E-state index contributed by atoms with van der Waals surface area (Å²) < 4.78 is 9.96. The molecule has 0 radical (unpaired) electrons. The molecule has 1 aromatic heterocycles. The molecule has 0 spiro atoms. The summed E-state index contributed by atoms with van der Waals surface area (Å²) in [5, 5.41) is -0.294. The number of ether oxygens (including phenoxy) is 2. The van der Waals surface area contributed by atoms with Crippen molar-refractivity contribution in [3.63, 3.8) is 0 Å².